The molecule has 5 heteroatoms. The van der Waals surface area contributed by atoms with E-state index >= 15 is 0 Å². The number of hydrogen-bond acceptors (Lipinski definition) is 4. The second-order valence-electron chi connectivity index (χ2n) is 13.1. The van der Waals surface area contributed by atoms with Gasteiger partial charge in [-0.05, 0) is 100 Å². The predicted octanol–water partition coefficient (Wildman–Crippen LogP) is 5.07. The highest BCUT2D eigenvalue weighted by Crippen LogP contribution is 2.33. The molecule has 0 spiro atoms. The number of carbonyl (C=O) groups excluding carboxylic acids is 1. The zero-order valence-electron chi connectivity index (χ0n) is 22.4. The Kier molecular flexibility index (Phi) is 8.89. The SMILES string of the molecule is C=CN(CCCCCCN(C=O)C1CC(C)(C)NC(C)(C)C1)C1CC(C)(C)NC(C)(C)C1. The minimum Gasteiger partial charge on any atom is -0.375 e. The summed E-state index contributed by atoms with van der Waals surface area (Å²) in [6.45, 7) is 24.3. The van der Waals surface area contributed by atoms with Crippen LogP contribution in [0.5, 0.6) is 0 Å². The largest absolute Gasteiger partial charge is 0.375 e. The van der Waals surface area contributed by atoms with Crippen LogP contribution in [0.3, 0.4) is 0 Å². The van der Waals surface area contributed by atoms with E-state index in [1.807, 2.05) is 0 Å². The average Bonchev–Trinajstić information content (AvgIpc) is 2.58. The van der Waals surface area contributed by atoms with Crippen LogP contribution in [-0.4, -0.2) is 63.5 Å². The molecule has 5 nitrogen and oxygen atoms in total. The number of amides is 1. The minimum atomic E-state index is 0.0690. The van der Waals surface area contributed by atoms with Gasteiger partial charge in [0.25, 0.3) is 0 Å². The van der Waals surface area contributed by atoms with Crippen molar-refractivity contribution in [3.8, 4) is 0 Å². The normalized spacial score (nSPS) is 24.6. The fraction of sp³-hybridized carbons (Fsp3) is 0.889. The first-order valence-corrected chi connectivity index (χ1v) is 12.9. The highest BCUT2D eigenvalue weighted by atomic mass is 16.1. The standard InChI is InChI=1S/C27H52N4O/c1-10-30(22-17-24(2,3)28-25(4,5)18-22)15-13-11-12-14-16-31(21-32)23-19-26(6,7)29-27(8,9)20-23/h10,21-23,28-29H,1,11-20H2,2-9H3. The minimum absolute atomic E-state index is 0.0690. The van der Waals surface area contributed by atoms with Gasteiger partial charge in [0, 0.05) is 47.3 Å². The summed E-state index contributed by atoms with van der Waals surface area (Å²) in [4.78, 5) is 16.4. The molecule has 2 rings (SSSR count). The topological polar surface area (TPSA) is 47.6 Å². The van der Waals surface area contributed by atoms with E-state index in [0.717, 1.165) is 51.6 Å². The molecule has 0 atom stereocenters. The second kappa shape index (κ2) is 10.5. The Balaban J connectivity index is 1.74. The van der Waals surface area contributed by atoms with E-state index in [4.69, 9.17) is 0 Å². The van der Waals surface area contributed by atoms with E-state index in [-0.39, 0.29) is 22.2 Å². The number of rotatable bonds is 11. The summed E-state index contributed by atoms with van der Waals surface area (Å²) in [7, 11) is 0. The molecule has 0 aromatic carbocycles. The molecule has 0 bridgehead atoms. The van der Waals surface area contributed by atoms with E-state index in [1.54, 1.807) is 0 Å². The molecule has 0 aromatic rings. The first-order valence-electron chi connectivity index (χ1n) is 12.9. The molecule has 2 saturated heterocycles. The molecule has 2 fully saturated rings. The predicted molar refractivity (Wildman–Crippen MR) is 137 cm³/mol. The Labute approximate surface area is 198 Å². The summed E-state index contributed by atoms with van der Waals surface area (Å²) in [6.07, 6.45) is 12.1. The molecule has 0 saturated carbocycles. The summed E-state index contributed by atoms with van der Waals surface area (Å²) in [6, 6.07) is 0.887. The van der Waals surface area contributed by atoms with E-state index < -0.39 is 0 Å². The summed E-state index contributed by atoms with van der Waals surface area (Å²) in [5, 5.41) is 7.50. The number of unbranched alkanes of at least 4 members (excludes halogenated alkanes) is 3. The van der Waals surface area contributed by atoms with Gasteiger partial charge in [-0.1, -0.05) is 19.4 Å². The quantitative estimate of drug-likeness (QED) is 0.342. The van der Waals surface area contributed by atoms with Gasteiger partial charge in [-0.3, -0.25) is 4.79 Å². The third-order valence-electron chi connectivity index (χ3n) is 7.23. The molecular formula is C27H52N4O. The zero-order valence-corrected chi connectivity index (χ0v) is 22.4. The van der Waals surface area contributed by atoms with E-state index in [0.29, 0.717) is 12.1 Å². The number of hydrogen-bond donors (Lipinski definition) is 2. The summed E-state index contributed by atoms with van der Waals surface area (Å²) < 4.78 is 0. The Morgan fingerprint density at radius 2 is 1.03 bits per heavy atom. The monoisotopic (exact) mass is 448 g/mol. The molecule has 32 heavy (non-hydrogen) atoms. The summed E-state index contributed by atoms with van der Waals surface area (Å²) >= 11 is 0. The van der Waals surface area contributed by atoms with Crippen LogP contribution in [-0.2, 0) is 4.79 Å². The van der Waals surface area contributed by atoms with Crippen LogP contribution in [0.15, 0.2) is 12.8 Å². The lowest BCUT2D eigenvalue weighted by atomic mass is 9.79. The number of carbonyl (C=O) groups is 1. The van der Waals surface area contributed by atoms with Crippen molar-refractivity contribution in [3.05, 3.63) is 12.8 Å². The van der Waals surface area contributed by atoms with Crippen molar-refractivity contribution >= 4 is 6.41 Å². The highest BCUT2D eigenvalue weighted by molar-refractivity contribution is 5.48. The average molecular weight is 449 g/mol. The molecule has 0 unspecified atom stereocenters. The van der Waals surface area contributed by atoms with Crippen LogP contribution in [0, 0.1) is 0 Å². The summed E-state index contributed by atoms with van der Waals surface area (Å²) in [5.41, 5.74) is 0.451. The lowest BCUT2D eigenvalue weighted by Crippen LogP contribution is -2.62. The first-order chi connectivity index (χ1) is 14.7. The van der Waals surface area contributed by atoms with Crippen molar-refractivity contribution in [2.24, 2.45) is 0 Å². The molecule has 2 aliphatic heterocycles. The molecule has 2 N–H and O–H groups in total. The lowest BCUT2D eigenvalue weighted by Gasteiger charge is -2.49. The van der Waals surface area contributed by atoms with Crippen LogP contribution >= 0.6 is 0 Å². The van der Waals surface area contributed by atoms with Gasteiger partial charge in [0.05, 0.1) is 0 Å². The lowest BCUT2D eigenvalue weighted by molar-refractivity contribution is -0.122. The maximum Gasteiger partial charge on any atom is 0.209 e. The van der Waals surface area contributed by atoms with Gasteiger partial charge < -0.3 is 20.4 Å². The molecule has 0 radical (unpaired) electrons. The van der Waals surface area contributed by atoms with Gasteiger partial charge in [-0.15, -0.1) is 0 Å². The summed E-state index contributed by atoms with van der Waals surface area (Å²) in [5.74, 6) is 0. The van der Waals surface area contributed by atoms with Crippen LogP contribution in [0.4, 0.5) is 0 Å². The maximum absolute atomic E-state index is 11.8. The smallest absolute Gasteiger partial charge is 0.209 e. The van der Waals surface area contributed by atoms with Gasteiger partial charge in [-0.2, -0.15) is 0 Å². The third-order valence-corrected chi connectivity index (χ3v) is 7.23. The van der Waals surface area contributed by atoms with Crippen molar-refractivity contribution in [3.63, 3.8) is 0 Å². The van der Waals surface area contributed by atoms with E-state index in [2.05, 4.69) is 88.6 Å². The fourth-order valence-corrected chi connectivity index (χ4v) is 6.69. The number of nitrogens with one attached hydrogen (secondary N) is 2. The van der Waals surface area contributed by atoms with Crippen molar-refractivity contribution in [2.45, 2.75) is 141 Å². The van der Waals surface area contributed by atoms with Crippen LogP contribution in [0.1, 0.15) is 107 Å². The van der Waals surface area contributed by atoms with Crippen LogP contribution in [0.2, 0.25) is 0 Å². The van der Waals surface area contributed by atoms with Crippen molar-refractivity contribution < 1.29 is 4.79 Å². The van der Waals surface area contributed by atoms with Gasteiger partial charge in [0.15, 0.2) is 0 Å². The zero-order chi connectivity index (χ0) is 24.2. The van der Waals surface area contributed by atoms with Crippen molar-refractivity contribution in [1.29, 1.82) is 0 Å². The second-order valence-corrected chi connectivity index (χ2v) is 13.1. The molecular weight excluding hydrogens is 396 g/mol. The van der Waals surface area contributed by atoms with E-state index in [1.165, 1.54) is 19.3 Å². The van der Waals surface area contributed by atoms with Gasteiger partial charge in [0.1, 0.15) is 0 Å². The van der Waals surface area contributed by atoms with Crippen molar-refractivity contribution in [2.75, 3.05) is 13.1 Å². The molecule has 2 aliphatic rings. The first kappa shape index (κ1) is 27.2. The maximum atomic E-state index is 11.8. The van der Waals surface area contributed by atoms with Gasteiger partial charge in [0.2, 0.25) is 6.41 Å². The fourth-order valence-electron chi connectivity index (χ4n) is 6.69. The number of nitrogens with zero attached hydrogens (tertiary/aromatic N) is 2. The molecule has 186 valence electrons. The van der Waals surface area contributed by atoms with Gasteiger partial charge >= 0.3 is 0 Å². The van der Waals surface area contributed by atoms with Crippen LogP contribution in [0.25, 0.3) is 0 Å². The van der Waals surface area contributed by atoms with Gasteiger partial charge in [-0.25, -0.2) is 0 Å². The Bertz CT molecular complexity index is 539. The molecule has 2 heterocycles. The molecule has 0 aliphatic carbocycles. The Morgan fingerprint density at radius 3 is 1.38 bits per heavy atom. The molecule has 1 amide bonds. The Morgan fingerprint density at radius 1 is 0.688 bits per heavy atom. The number of piperidine rings is 2. The van der Waals surface area contributed by atoms with E-state index in [9.17, 15) is 4.79 Å². The van der Waals surface area contributed by atoms with Crippen LogP contribution < -0.4 is 10.6 Å². The third kappa shape index (κ3) is 8.37. The van der Waals surface area contributed by atoms with Crippen molar-refractivity contribution in [1.82, 2.24) is 20.4 Å². The highest BCUT2D eigenvalue weighted by Gasteiger charge is 2.40. The molecule has 0 aromatic heterocycles. The Hall–Kier alpha value is -1.07.